The Balaban J connectivity index is 1.68. The lowest BCUT2D eigenvalue weighted by molar-refractivity contribution is -0.113. The predicted octanol–water partition coefficient (Wildman–Crippen LogP) is 5.15. The van der Waals surface area contributed by atoms with E-state index in [1.165, 1.54) is 11.8 Å². The minimum Gasteiger partial charge on any atom is -0.324 e. The van der Waals surface area contributed by atoms with Crippen LogP contribution in [0.15, 0.2) is 87.6 Å². The van der Waals surface area contributed by atoms with Gasteiger partial charge in [-0.25, -0.2) is 4.98 Å². The van der Waals surface area contributed by atoms with Gasteiger partial charge < -0.3 is 5.32 Å². The smallest absolute Gasteiger partial charge is 0.266 e. The summed E-state index contributed by atoms with van der Waals surface area (Å²) in [5.41, 5.74) is 2.98. The van der Waals surface area contributed by atoms with Gasteiger partial charge in [-0.05, 0) is 49.1 Å². The first kappa shape index (κ1) is 21.2. The van der Waals surface area contributed by atoms with Crippen LogP contribution in [-0.2, 0) is 4.79 Å². The molecule has 3 aromatic carbocycles. The largest absolute Gasteiger partial charge is 0.324 e. The third kappa shape index (κ3) is 4.52. The number of amides is 1. The molecule has 31 heavy (non-hydrogen) atoms. The molecule has 0 bridgehead atoms. The summed E-state index contributed by atoms with van der Waals surface area (Å²) >= 11 is 2.83. The van der Waals surface area contributed by atoms with Crippen LogP contribution in [0, 0.1) is 6.92 Å². The normalized spacial score (nSPS) is 10.9. The van der Waals surface area contributed by atoms with Crippen LogP contribution in [0.1, 0.15) is 5.56 Å². The Morgan fingerprint density at radius 3 is 2.52 bits per heavy atom. The predicted molar refractivity (Wildman–Crippen MR) is 130 cm³/mol. The minimum atomic E-state index is -0.148. The molecule has 7 heteroatoms. The van der Waals surface area contributed by atoms with Crippen molar-refractivity contribution >= 4 is 46.0 Å². The molecular weight excluding hydrogens is 426 g/mol. The average Bonchev–Trinajstić information content (AvgIpc) is 2.79. The van der Waals surface area contributed by atoms with E-state index >= 15 is 0 Å². The summed E-state index contributed by atoms with van der Waals surface area (Å²) < 4.78 is 1.60. The average molecular weight is 448 g/mol. The summed E-state index contributed by atoms with van der Waals surface area (Å²) in [5, 5.41) is 4.00. The van der Waals surface area contributed by atoms with E-state index in [0.717, 1.165) is 21.8 Å². The van der Waals surface area contributed by atoms with Gasteiger partial charge in [-0.2, -0.15) is 0 Å². The number of benzene rings is 3. The molecular formula is C24H21N3O2S2. The molecule has 1 N–H and O–H groups in total. The number of rotatable bonds is 6. The highest BCUT2D eigenvalue weighted by molar-refractivity contribution is 7.99. The van der Waals surface area contributed by atoms with Gasteiger partial charge in [0, 0.05) is 4.90 Å². The van der Waals surface area contributed by atoms with Gasteiger partial charge in [0.1, 0.15) is 0 Å². The van der Waals surface area contributed by atoms with Gasteiger partial charge in [-0.15, -0.1) is 11.8 Å². The topological polar surface area (TPSA) is 64.0 Å². The summed E-state index contributed by atoms with van der Waals surface area (Å²) in [6, 6.07) is 22.6. The Labute approximate surface area is 188 Å². The second-order valence-electron chi connectivity index (χ2n) is 6.88. The molecule has 0 saturated carbocycles. The van der Waals surface area contributed by atoms with Crippen molar-refractivity contribution in [3.8, 4) is 5.69 Å². The third-order valence-corrected chi connectivity index (χ3v) is 6.55. The van der Waals surface area contributed by atoms with E-state index in [-0.39, 0.29) is 17.2 Å². The molecule has 0 atom stereocenters. The molecule has 1 amide bonds. The van der Waals surface area contributed by atoms with Crippen molar-refractivity contribution in [3.63, 3.8) is 0 Å². The standard InChI is InChI=1S/C24H21N3O2S2/c1-16-9-3-7-13-20(16)27-23(29)17-10-4-5-11-18(17)26-24(27)31-15-22(28)25-19-12-6-8-14-21(19)30-2/h3-14H,15H2,1-2H3,(H,25,28). The first-order chi connectivity index (χ1) is 15.1. The molecule has 4 aromatic rings. The van der Waals surface area contributed by atoms with Crippen LogP contribution in [0.5, 0.6) is 0 Å². The van der Waals surface area contributed by atoms with Crippen LogP contribution in [0.3, 0.4) is 0 Å². The Bertz CT molecular complexity index is 1320. The number of hydrogen-bond acceptors (Lipinski definition) is 5. The van der Waals surface area contributed by atoms with Crippen molar-refractivity contribution in [2.75, 3.05) is 17.3 Å². The summed E-state index contributed by atoms with van der Waals surface area (Å²) in [6.45, 7) is 1.96. The quantitative estimate of drug-likeness (QED) is 0.327. The summed E-state index contributed by atoms with van der Waals surface area (Å²) in [5.74, 6) is -0.00965. The lowest BCUT2D eigenvalue weighted by atomic mass is 10.2. The number of thioether (sulfide) groups is 2. The molecule has 0 aliphatic rings. The zero-order chi connectivity index (χ0) is 21.8. The van der Waals surface area contributed by atoms with E-state index in [0.29, 0.717) is 16.1 Å². The third-order valence-electron chi connectivity index (χ3n) is 4.81. The molecule has 0 fully saturated rings. The minimum absolute atomic E-state index is 0.138. The number of nitrogens with one attached hydrogen (secondary N) is 1. The Morgan fingerprint density at radius 2 is 1.71 bits per heavy atom. The molecule has 0 aliphatic carbocycles. The van der Waals surface area contributed by atoms with Crippen LogP contribution in [0.4, 0.5) is 5.69 Å². The lowest BCUT2D eigenvalue weighted by Gasteiger charge is -2.15. The number of aromatic nitrogens is 2. The van der Waals surface area contributed by atoms with E-state index in [9.17, 15) is 9.59 Å². The van der Waals surface area contributed by atoms with Gasteiger partial charge in [0.15, 0.2) is 5.16 Å². The van der Waals surface area contributed by atoms with Crippen LogP contribution < -0.4 is 10.9 Å². The van der Waals surface area contributed by atoms with Gasteiger partial charge in [0.25, 0.3) is 5.56 Å². The molecule has 0 spiro atoms. The van der Waals surface area contributed by atoms with Crippen LogP contribution in [-0.4, -0.2) is 27.5 Å². The number of nitrogens with zero attached hydrogens (tertiary/aromatic N) is 2. The second-order valence-corrected chi connectivity index (χ2v) is 8.67. The number of aryl methyl sites for hydroxylation is 1. The number of para-hydroxylation sites is 3. The van der Waals surface area contributed by atoms with Crippen molar-refractivity contribution in [2.45, 2.75) is 17.0 Å². The summed E-state index contributed by atoms with van der Waals surface area (Å²) in [7, 11) is 0. The first-order valence-electron chi connectivity index (χ1n) is 9.72. The van der Waals surface area contributed by atoms with Gasteiger partial charge in [-0.3, -0.25) is 14.2 Å². The number of carbonyl (C=O) groups is 1. The van der Waals surface area contributed by atoms with Crippen molar-refractivity contribution in [2.24, 2.45) is 0 Å². The Kier molecular flexibility index (Phi) is 6.44. The maximum Gasteiger partial charge on any atom is 0.266 e. The lowest BCUT2D eigenvalue weighted by Crippen LogP contribution is -2.23. The van der Waals surface area contributed by atoms with Crippen LogP contribution in [0.2, 0.25) is 0 Å². The van der Waals surface area contributed by atoms with Crippen molar-refractivity contribution < 1.29 is 4.79 Å². The first-order valence-corrected chi connectivity index (χ1v) is 11.9. The monoisotopic (exact) mass is 447 g/mol. The van der Waals surface area contributed by atoms with Crippen LogP contribution in [0.25, 0.3) is 16.6 Å². The van der Waals surface area contributed by atoms with E-state index in [2.05, 4.69) is 5.32 Å². The van der Waals surface area contributed by atoms with Gasteiger partial charge >= 0.3 is 0 Å². The van der Waals surface area contributed by atoms with Crippen molar-refractivity contribution in [1.82, 2.24) is 9.55 Å². The summed E-state index contributed by atoms with van der Waals surface area (Å²) in [4.78, 5) is 31.7. The second kappa shape index (κ2) is 9.41. The molecule has 1 heterocycles. The van der Waals surface area contributed by atoms with E-state index < -0.39 is 0 Å². The molecule has 0 aliphatic heterocycles. The van der Waals surface area contributed by atoms with E-state index in [1.807, 2.05) is 79.9 Å². The van der Waals surface area contributed by atoms with E-state index in [1.54, 1.807) is 22.4 Å². The van der Waals surface area contributed by atoms with Gasteiger partial charge in [0.05, 0.1) is 28.0 Å². The molecule has 4 rings (SSSR count). The van der Waals surface area contributed by atoms with E-state index in [4.69, 9.17) is 4.98 Å². The highest BCUT2D eigenvalue weighted by Crippen LogP contribution is 2.26. The fourth-order valence-electron chi connectivity index (χ4n) is 3.30. The van der Waals surface area contributed by atoms with Gasteiger partial charge in [-0.1, -0.05) is 54.2 Å². The molecule has 1 aromatic heterocycles. The maximum atomic E-state index is 13.3. The van der Waals surface area contributed by atoms with Gasteiger partial charge in [0.2, 0.25) is 5.91 Å². The summed E-state index contributed by atoms with van der Waals surface area (Å²) in [6.07, 6.45) is 1.97. The number of carbonyl (C=O) groups excluding carboxylic acids is 1. The molecule has 0 saturated heterocycles. The molecule has 5 nitrogen and oxygen atoms in total. The SMILES string of the molecule is CSc1ccccc1NC(=O)CSc1nc2ccccc2c(=O)n1-c1ccccc1C. The molecule has 0 radical (unpaired) electrons. The number of anilines is 1. The Hall–Kier alpha value is -3.03. The van der Waals surface area contributed by atoms with Crippen LogP contribution >= 0.6 is 23.5 Å². The highest BCUT2D eigenvalue weighted by atomic mass is 32.2. The molecule has 0 unspecified atom stereocenters. The number of hydrogen-bond donors (Lipinski definition) is 1. The zero-order valence-electron chi connectivity index (χ0n) is 17.2. The maximum absolute atomic E-state index is 13.3. The van der Waals surface area contributed by atoms with Crippen molar-refractivity contribution in [3.05, 3.63) is 88.7 Å². The molecule has 156 valence electrons. The zero-order valence-corrected chi connectivity index (χ0v) is 18.8. The Morgan fingerprint density at radius 1 is 1.00 bits per heavy atom. The van der Waals surface area contributed by atoms with Crippen molar-refractivity contribution in [1.29, 1.82) is 0 Å². The fraction of sp³-hybridized carbons (Fsp3) is 0.125. The fourth-order valence-corrected chi connectivity index (χ4v) is 4.66. The highest BCUT2D eigenvalue weighted by Gasteiger charge is 2.16. The number of fused-ring (bicyclic) bond motifs is 1.